The maximum Gasteiger partial charge on any atom is 0.225 e. The molecule has 1 aliphatic heterocycles. The van der Waals surface area contributed by atoms with Crippen LogP contribution in [0.3, 0.4) is 0 Å². The second-order valence-corrected chi connectivity index (χ2v) is 6.76. The molecular weight excluding hydrogens is 252 g/mol. The van der Waals surface area contributed by atoms with Crippen molar-refractivity contribution in [3.63, 3.8) is 0 Å². The summed E-state index contributed by atoms with van der Waals surface area (Å²) in [5.41, 5.74) is 0. The lowest BCUT2D eigenvalue weighted by Gasteiger charge is -2.21. The summed E-state index contributed by atoms with van der Waals surface area (Å²) in [6, 6.07) is 0.447. The molecule has 3 fully saturated rings. The van der Waals surface area contributed by atoms with E-state index in [-0.39, 0.29) is 17.7 Å². The molecule has 3 aliphatic rings. The monoisotopic (exact) mass is 278 g/mol. The molecule has 2 amide bonds. The van der Waals surface area contributed by atoms with E-state index < -0.39 is 0 Å². The third-order valence-corrected chi connectivity index (χ3v) is 5.09. The number of carbonyl (C=O) groups excluding carboxylic acids is 2. The standard InChI is InChI=1S/C16H26N2O2/c19-15-10-13(11-18(15)14-6-7-14)16(20)17-9-8-12-4-2-1-3-5-12/h12-14H,1-11H2,(H,17,20). The van der Waals surface area contributed by atoms with Gasteiger partial charge in [0.2, 0.25) is 11.8 Å². The molecule has 1 unspecified atom stereocenters. The van der Waals surface area contributed by atoms with Gasteiger partial charge in [-0.2, -0.15) is 0 Å². The van der Waals surface area contributed by atoms with Gasteiger partial charge in [0.15, 0.2) is 0 Å². The molecule has 4 heteroatoms. The number of likely N-dealkylation sites (tertiary alicyclic amines) is 1. The average Bonchev–Trinajstić information content (AvgIpc) is 3.23. The van der Waals surface area contributed by atoms with Crippen molar-refractivity contribution in [1.82, 2.24) is 10.2 Å². The molecule has 0 aromatic carbocycles. The fraction of sp³-hybridized carbons (Fsp3) is 0.875. The quantitative estimate of drug-likeness (QED) is 0.837. The molecule has 0 aromatic heterocycles. The molecule has 3 rings (SSSR count). The second-order valence-electron chi connectivity index (χ2n) is 6.76. The van der Waals surface area contributed by atoms with Gasteiger partial charge in [-0.3, -0.25) is 9.59 Å². The third kappa shape index (κ3) is 3.33. The first-order chi connectivity index (χ1) is 9.74. The van der Waals surface area contributed by atoms with Gasteiger partial charge in [-0.05, 0) is 25.2 Å². The fourth-order valence-electron chi connectivity index (χ4n) is 3.67. The third-order valence-electron chi connectivity index (χ3n) is 5.09. The van der Waals surface area contributed by atoms with Gasteiger partial charge in [0.1, 0.15) is 0 Å². The highest BCUT2D eigenvalue weighted by Crippen LogP contribution is 2.32. The largest absolute Gasteiger partial charge is 0.356 e. The predicted molar refractivity (Wildman–Crippen MR) is 77.0 cm³/mol. The predicted octanol–water partition coefficient (Wildman–Crippen LogP) is 2.08. The van der Waals surface area contributed by atoms with Crippen LogP contribution in [0.1, 0.15) is 57.8 Å². The number of hydrogen-bond donors (Lipinski definition) is 1. The van der Waals surface area contributed by atoms with E-state index in [4.69, 9.17) is 0 Å². The summed E-state index contributed by atoms with van der Waals surface area (Å²) in [6.45, 7) is 1.44. The van der Waals surface area contributed by atoms with Crippen LogP contribution in [-0.2, 0) is 9.59 Å². The first-order valence-corrected chi connectivity index (χ1v) is 8.31. The molecule has 2 aliphatic carbocycles. The Morgan fingerprint density at radius 1 is 1.15 bits per heavy atom. The second kappa shape index (κ2) is 6.15. The number of hydrogen-bond acceptors (Lipinski definition) is 2. The lowest BCUT2D eigenvalue weighted by atomic mass is 9.87. The zero-order chi connectivity index (χ0) is 13.9. The number of amides is 2. The van der Waals surface area contributed by atoms with Crippen molar-refractivity contribution in [2.75, 3.05) is 13.1 Å². The molecule has 2 saturated carbocycles. The lowest BCUT2D eigenvalue weighted by molar-refractivity contribution is -0.129. The molecule has 0 radical (unpaired) electrons. The minimum atomic E-state index is -0.102. The van der Waals surface area contributed by atoms with Crippen LogP contribution in [0.15, 0.2) is 0 Å². The number of carbonyl (C=O) groups is 2. The minimum Gasteiger partial charge on any atom is -0.356 e. The van der Waals surface area contributed by atoms with Crippen LogP contribution in [0.5, 0.6) is 0 Å². The summed E-state index contributed by atoms with van der Waals surface area (Å²) < 4.78 is 0. The molecule has 1 saturated heterocycles. The normalized spacial score (nSPS) is 27.9. The van der Waals surface area contributed by atoms with Crippen LogP contribution in [0.2, 0.25) is 0 Å². The summed E-state index contributed by atoms with van der Waals surface area (Å²) in [7, 11) is 0. The zero-order valence-electron chi connectivity index (χ0n) is 12.3. The Bertz CT molecular complexity index is 373. The van der Waals surface area contributed by atoms with E-state index in [0.29, 0.717) is 19.0 Å². The van der Waals surface area contributed by atoms with Gasteiger partial charge in [0.25, 0.3) is 0 Å². The van der Waals surface area contributed by atoms with Crippen molar-refractivity contribution in [3.05, 3.63) is 0 Å². The maximum absolute atomic E-state index is 12.1. The van der Waals surface area contributed by atoms with E-state index >= 15 is 0 Å². The zero-order valence-corrected chi connectivity index (χ0v) is 12.3. The first kappa shape index (κ1) is 13.9. The highest BCUT2D eigenvalue weighted by Gasteiger charge is 2.41. The molecule has 1 heterocycles. The summed E-state index contributed by atoms with van der Waals surface area (Å²) >= 11 is 0. The van der Waals surface area contributed by atoms with Crippen LogP contribution in [0.25, 0.3) is 0 Å². The molecular formula is C16H26N2O2. The van der Waals surface area contributed by atoms with Gasteiger partial charge in [-0.25, -0.2) is 0 Å². The minimum absolute atomic E-state index is 0.0947. The smallest absolute Gasteiger partial charge is 0.225 e. The Hall–Kier alpha value is -1.06. The summed E-state index contributed by atoms with van der Waals surface area (Å²) in [6.07, 6.45) is 10.5. The van der Waals surface area contributed by atoms with E-state index in [0.717, 1.165) is 31.7 Å². The molecule has 0 aromatic rings. The van der Waals surface area contributed by atoms with E-state index in [1.807, 2.05) is 4.90 Å². The highest BCUT2D eigenvalue weighted by atomic mass is 16.2. The summed E-state index contributed by atoms with van der Waals surface area (Å²) in [5.74, 6) is 0.976. The van der Waals surface area contributed by atoms with E-state index in [1.165, 1.54) is 32.1 Å². The molecule has 20 heavy (non-hydrogen) atoms. The number of nitrogens with one attached hydrogen (secondary N) is 1. The van der Waals surface area contributed by atoms with Crippen molar-refractivity contribution in [1.29, 1.82) is 0 Å². The van der Waals surface area contributed by atoms with Gasteiger partial charge >= 0.3 is 0 Å². The SMILES string of the molecule is O=C(NCCC1CCCCC1)C1CC(=O)N(C2CC2)C1. The van der Waals surface area contributed by atoms with E-state index in [1.54, 1.807) is 0 Å². The van der Waals surface area contributed by atoms with E-state index in [9.17, 15) is 9.59 Å². The first-order valence-electron chi connectivity index (χ1n) is 8.31. The van der Waals surface area contributed by atoms with Gasteiger partial charge < -0.3 is 10.2 Å². The molecule has 1 atom stereocenters. The van der Waals surface area contributed by atoms with Crippen LogP contribution in [0, 0.1) is 11.8 Å². The topological polar surface area (TPSA) is 49.4 Å². The van der Waals surface area contributed by atoms with Crippen molar-refractivity contribution in [3.8, 4) is 0 Å². The average molecular weight is 278 g/mol. The van der Waals surface area contributed by atoms with Gasteiger partial charge in [0, 0.05) is 25.6 Å². The van der Waals surface area contributed by atoms with Gasteiger partial charge in [0.05, 0.1) is 5.92 Å². The van der Waals surface area contributed by atoms with Crippen LogP contribution >= 0.6 is 0 Å². The Balaban J connectivity index is 1.37. The summed E-state index contributed by atoms with van der Waals surface area (Å²) in [4.78, 5) is 25.9. The molecule has 0 spiro atoms. The van der Waals surface area contributed by atoms with Gasteiger partial charge in [-0.1, -0.05) is 32.1 Å². The van der Waals surface area contributed by atoms with Crippen molar-refractivity contribution in [2.45, 2.75) is 63.8 Å². The van der Waals surface area contributed by atoms with E-state index in [2.05, 4.69) is 5.32 Å². The van der Waals surface area contributed by atoms with Crippen molar-refractivity contribution < 1.29 is 9.59 Å². The Morgan fingerprint density at radius 2 is 1.90 bits per heavy atom. The molecule has 4 nitrogen and oxygen atoms in total. The fourth-order valence-corrected chi connectivity index (χ4v) is 3.67. The maximum atomic E-state index is 12.1. The highest BCUT2D eigenvalue weighted by molar-refractivity contribution is 5.89. The van der Waals surface area contributed by atoms with Crippen molar-refractivity contribution in [2.24, 2.45) is 11.8 Å². The Morgan fingerprint density at radius 3 is 2.60 bits per heavy atom. The van der Waals surface area contributed by atoms with Crippen molar-refractivity contribution >= 4 is 11.8 Å². The van der Waals surface area contributed by atoms with Crippen LogP contribution in [-0.4, -0.2) is 35.8 Å². The Kier molecular flexibility index (Phi) is 4.27. The van der Waals surface area contributed by atoms with Gasteiger partial charge in [-0.15, -0.1) is 0 Å². The molecule has 1 N–H and O–H groups in total. The molecule has 0 bridgehead atoms. The van der Waals surface area contributed by atoms with Crippen LogP contribution < -0.4 is 5.32 Å². The lowest BCUT2D eigenvalue weighted by Crippen LogP contribution is -2.34. The van der Waals surface area contributed by atoms with Crippen LogP contribution in [0.4, 0.5) is 0 Å². The molecule has 112 valence electrons. The number of rotatable bonds is 5. The number of nitrogens with zero attached hydrogens (tertiary/aromatic N) is 1. The Labute approximate surface area is 121 Å². The summed E-state index contributed by atoms with van der Waals surface area (Å²) in [5, 5.41) is 3.05.